The third kappa shape index (κ3) is 4.13. The number of nitrogens with zero attached hydrogens (tertiary/aromatic N) is 1. The Kier molecular flexibility index (Phi) is 6.15. The minimum absolute atomic E-state index is 0.0424. The molecule has 0 unspecified atom stereocenters. The third-order valence-corrected chi connectivity index (χ3v) is 5.16. The van der Waals surface area contributed by atoms with Gasteiger partial charge in [0.1, 0.15) is 5.82 Å². The molecule has 1 heterocycles. The van der Waals surface area contributed by atoms with E-state index in [9.17, 15) is 4.79 Å². The van der Waals surface area contributed by atoms with Crippen LogP contribution in [0, 0.1) is 0 Å². The van der Waals surface area contributed by atoms with E-state index < -0.39 is 0 Å². The van der Waals surface area contributed by atoms with Gasteiger partial charge in [0.25, 0.3) is 5.91 Å². The summed E-state index contributed by atoms with van der Waals surface area (Å²) in [6.45, 7) is 5.02. The monoisotopic (exact) mass is 281 g/mol. The van der Waals surface area contributed by atoms with Crippen molar-refractivity contribution in [1.82, 2.24) is 10.3 Å². The molecule has 0 aliphatic carbocycles. The van der Waals surface area contributed by atoms with E-state index in [-0.39, 0.29) is 10.7 Å². The topological polar surface area (TPSA) is 54.0 Å². The van der Waals surface area contributed by atoms with Crippen LogP contribution in [0.1, 0.15) is 37.0 Å². The zero-order chi connectivity index (χ0) is 14.3. The minimum Gasteiger partial charge on any atom is -0.373 e. The van der Waals surface area contributed by atoms with E-state index in [0.717, 1.165) is 12.8 Å². The molecule has 0 fully saturated rings. The Morgan fingerprint density at radius 3 is 2.63 bits per heavy atom. The predicted molar refractivity (Wildman–Crippen MR) is 82.9 cm³/mol. The standard InChI is InChI=1S/C14H23N3OS/c1-5-14(6-2,19-4)10-17-13(18)11-7-8-16-12(9-11)15-3/h7-9H,5-6,10H2,1-4H3,(H,15,16)(H,17,18). The summed E-state index contributed by atoms with van der Waals surface area (Å²) in [5, 5.41) is 5.96. The summed E-state index contributed by atoms with van der Waals surface area (Å²) in [6.07, 6.45) is 5.83. The van der Waals surface area contributed by atoms with Crippen molar-refractivity contribution in [2.45, 2.75) is 31.4 Å². The second-order valence-electron chi connectivity index (χ2n) is 4.46. The summed E-state index contributed by atoms with van der Waals surface area (Å²) in [6, 6.07) is 3.49. The summed E-state index contributed by atoms with van der Waals surface area (Å²) < 4.78 is 0.133. The molecule has 19 heavy (non-hydrogen) atoms. The first-order valence-corrected chi connectivity index (χ1v) is 7.80. The van der Waals surface area contributed by atoms with Crippen LogP contribution in [0.25, 0.3) is 0 Å². The smallest absolute Gasteiger partial charge is 0.251 e. The number of hydrogen-bond acceptors (Lipinski definition) is 4. The van der Waals surface area contributed by atoms with Gasteiger partial charge >= 0.3 is 0 Å². The Hall–Kier alpha value is -1.23. The van der Waals surface area contributed by atoms with Crippen LogP contribution in [-0.4, -0.2) is 35.5 Å². The van der Waals surface area contributed by atoms with Crippen LogP contribution in [0.4, 0.5) is 5.82 Å². The maximum absolute atomic E-state index is 12.1. The van der Waals surface area contributed by atoms with Gasteiger partial charge in [-0.2, -0.15) is 11.8 Å². The fraction of sp³-hybridized carbons (Fsp3) is 0.571. The van der Waals surface area contributed by atoms with E-state index in [1.807, 2.05) is 11.8 Å². The maximum atomic E-state index is 12.1. The van der Waals surface area contributed by atoms with E-state index in [1.165, 1.54) is 0 Å². The van der Waals surface area contributed by atoms with Crippen molar-refractivity contribution < 1.29 is 4.79 Å². The van der Waals surface area contributed by atoms with Gasteiger partial charge in [0, 0.05) is 30.1 Å². The molecule has 0 bridgehead atoms. The molecule has 0 aromatic carbocycles. The molecule has 1 aromatic rings. The van der Waals surface area contributed by atoms with Crippen LogP contribution in [0.5, 0.6) is 0 Å². The van der Waals surface area contributed by atoms with Crippen LogP contribution in [0.3, 0.4) is 0 Å². The average molecular weight is 281 g/mol. The zero-order valence-corrected chi connectivity index (χ0v) is 12.9. The summed E-state index contributed by atoms with van der Waals surface area (Å²) in [7, 11) is 1.79. The lowest BCUT2D eigenvalue weighted by Crippen LogP contribution is -2.39. The molecule has 1 amide bonds. The van der Waals surface area contributed by atoms with E-state index in [0.29, 0.717) is 17.9 Å². The van der Waals surface area contributed by atoms with Crippen LogP contribution in [-0.2, 0) is 0 Å². The van der Waals surface area contributed by atoms with Crippen molar-refractivity contribution in [2.24, 2.45) is 0 Å². The lowest BCUT2D eigenvalue weighted by molar-refractivity contribution is 0.0949. The first-order valence-electron chi connectivity index (χ1n) is 6.58. The quantitative estimate of drug-likeness (QED) is 0.807. The Labute approximate surface area is 119 Å². The number of pyridine rings is 1. The number of hydrogen-bond donors (Lipinski definition) is 2. The Bertz CT molecular complexity index is 411. The molecule has 4 nitrogen and oxygen atoms in total. The molecule has 1 aromatic heterocycles. The first kappa shape index (κ1) is 15.8. The lowest BCUT2D eigenvalue weighted by Gasteiger charge is -2.29. The number of carbonyl (C=O) groups excluding carboxylic acids is 1. The van der Waals surface area contributed by atoms with Crippen molar-refractivity contribution in [3.63, 3.8) is 0 Å². The molecule has 5 heteroatoms. The van der Waals surface area contributed by atoms with Crippen molar-refractivity contribution in [3.8, 4) is 0 Å². The van der Waals surface area contributed by atoms with E-state index in [2.05, 4.69) is 35.7 Å². The maximum Gasteiger partial charge on any atom is 0.251 e. The second kappa shape index (κ2) is 7.38. The van der Waals surface area contributed by atoms with Gasteiger partial charge in [0.05, 0.1) is 0 Å². The minimum atomic E-state index is -0.0424. The Balaban J connectivity index is 2.69. The van der Waals surface area contributed by atoms with Crippen molar-refractivity contribution in [1.29, 1.82) is 0 Å². The van der Waals surface area contributed by atoms with Gasteiger partial charge in [-0.25, -0.2) is 4.98 Å². The zero-order valence-electron chi connectivity index (χ0n) is 12.1. The van der Waals surface area contributed by atoms with Crippen molar-refractivity contribution in [2.75, 3.05) is 25.2 Å². The van der Waals surface area contributed by atoms with Gasteiger partial charge in [-0.1, -0.05) is 13.8 Å². The number of carbonyl (C=O) groups is 1. The van der Waals surface area contributed by atoms with Gasteiger partial charge in [0.2, 0.25) is 0 Å². The van der Waals surface area contributed by atoms with Crippen LogP contribution in [0.15, 0.2) is 18.3 Å². The second-order valence-corrected chi connectivity index (χ2v) is 5.73. The van der Waals surface area contributed by atoms with E-state index >= 15 is 0 Å². The summed E-state index contributed by atoms with van der Waals surface area (Å²) in [4.78, 5) is 16.2. The van der Waals surface area contributed by atoms with Gasteiger partial charge in [-0.3, -0.25) is 4.79 Å². The molecule has 1 rings (SSSR count). The highest BCUT2D eigenvalue weighted by Crippen LogP contribution is 2.29. The number of thioether (sulfide) groups is 1. The lowest BCUT2D eigenvalue weighted by atomic mass is 10.0. The largest absolute Gasteiger partial charge is 0.373 e. The number of anilines is 1. The van der Waals surface area contributed by atoms with Crippen molar-refractivity contribution >= 4 is 23.5 Å². The molecule has 0 aliphatic heterocycles. The van der Waals surface area contributed by atoms with Crippen LogP contribution >= 0.6 is 11.8 Å². The molecule has 2 N–H and O–H groups in total. The average Bonchev–Trinajstić information content (AvgIpc) is 2.49. The molecule has 0 atom stereocenters. The van der Waals surface area contributed by atoms with Crippen molar-refractivity contribution in [3.05, 3.63) is 23.9 Å². The molecule has 0 aliphatic rings. The van der Waals surface area contributed by atoms with Crippen LogP contribution < -0.4 is 10.6 Å². The van der Waals surface area contributed by atoms with E-state index in [4.69, 9.17) is 0 Å². The number of aromatic nitrogens is 1. The molecule has 0 spiro atoms. The summed E-state index contributed by atoms with van der Waals surface area (Å²) >= 11 is 1.82. The highest BCUT2D eigenvalue weighted by molar-refractivity contribution is 8.00. The molecular weight excluding hydrogens is 258 g/mol. The van der Waals surface area contributed by atoms with Gasteiger partial charge in [-0.15, -0.1) is 0 Å². The summed E-state index contributed by atoms with van der Waals surface area (Å²) in [5.41, 5.74) is 0.640. The fourth-order valence-corrected chi connectivity index (χ4v) is 2.71. The van der Waals surface area contributed by atoms with Crippen LogP contribution in [0.2, 0.25) is 0 Å². The molecular formula is C14H23N3OS. The third-order valence-electron chi connectivity index (χ3n) is 3.57. The molecule has 106 valence electrons. The Morgan fingerprint density at radius 2 is 2.11 bits per heavy atom. The van der Waals surface area contributed by atoms with E-state index in [1.54, 1.807) is 25.4 Å². The highest BCUT2D eigenvalue weighted by Gasteiger charge is 2.25. The predicted octanol–water partition coefficient (Wildman–Crippen LogP) is 2.77. The number of nitrogens with one attached hydrogen (secondary N) is 2. The SMILES string of the molecule is CCC(CC)(CNC(=O)c1ccnc(NC)c1)SC. The van der Waals surface area contributed by atoms with Gasteiger partial charge < -0.3 is 10.6 Å². The first-order chi connectivity index (χ1) is 9.10. The van der Waals surface area contributed by atoms with Gasteiger partial charge in [-0.05, 0) is 31.2 Å². The normalized spacial score (nSPS) is 11.2. The highest BCUT2D eigenvalue weighted by atomic mass is 32.2. The Morgan fingerprint density at radius 1 is 1.42 bits per heavy atom. The molecule has 0 saturated heterocycles. The number of amides is 1. The number of rotatable bonds is 7. The summed E-state index contributed by atoms with van der Waals surface area (Å²) in [5.74, 6) is 0.661. The molecule has 0 radical (unpaired) electrons. The fourth-order valence-electron chi connectivity index (χ4n) is 1.91. The molecule has 0 saturated carbocycles. The van der Waals surface area contributed by atoms with Gasteiger partial charge in [0.15, 0.2) is 0 Å².